The van der Waals surface area contributed by atoms with Crippen molar-refractivity contribution in [1.29, 1.82) is 0 Å². The minimum absolute atomic E-state index is 0.0307. The third-order valence-electron chi connectivity index (χ3n) is 3.85. The fourth-order valence-electron chi connectivity index (χ4n) is 2.56. The summed E-state index contributed by atoms with van der Waals surface area (Å²) in [5, 5.41) is 17.1. The van der Waals surface area contributed by atoms with Crippen LogP contribution in [0.3, 0.4) is 0 Å². The summed E-state index contributed by atoms with van der Waals surface area (Å²) in [4.78, 5) is 12.2. The van der Waals surface area contributed by atoms with E-state index in [0.717, 1.165) is 22.9 Å². The maximum atomic E-state index is 12.2. The number of anilines is 1. The van der Waals surface area contributed by atoms with Gasteiger partial charge in [0.05, 0.1) is 5.69 Å². The van der Waals surface area contributed by atoms with Gasteiger partial charge in [0.25, 0.3) is 0 Å². The molecule has 0 aliphatic heterocycles. The fraction of sp³-hybridized carbons (Fsp3) is 0.647. The lowest BCUT2D eigenvalue weighted by Gasteiger charge is -2.08. The summed E-state index contributed by atoms with van der Waals surface area (Å²) in [5.74, 6) is 0.841. The van der Waals surface area contributed by atoms with E-state index in [1.165, 1.54) is 16.9 Å². The van der Waals surface area contributed by atoms with Crippen LogP contribution in [0.4, 0.5) is 5.13 Å². The highest BCUT2D eigenvalue weighted by atomic mass is 32.1. The van der Waals surface area contributed by atoms with Crippen LogP contribution in [-0.2, 0) is 17.8 Å². The van der Waals surface area contributed by atoms with Crippen molar-refractivity contribution in [2.45, 2.75) is 66.8 Å². The minimum Gasteiger partial charge on any atom is -0.301 e. The monoisotopic (exact) mass is 349 g/mol. The second-order valence-electron chi connectivity index (χ2n) is 6.87. The quantitative estimate of drug-likeness (QED) is 0.827. The number of aryl methyl sites for hydroxylation is 1. The Morgan fingerprint density at radius 2 is 1.92 bits per heavy atom. The second-order valence-corrected chi connectivity index (χ2v) is 7.88. The van der Waals surface area contributed by atoms with Crippen molar-refractivity contribution in [3.63, 3.8) is 0 Å². The summed E-state index contributed by atoms with van der Waals surface area (Å²) in [5.41, 5.74) is 3.34. The Bertz CT molecular complexity index is 702. The molecule has 0 fully saturated rings. The first-order valence-electron chi connectivity index (χ1n) is 8.44. The first-order chi connectivity index (χ1) is 11.3. The molecule has 24 heavy (non-hydrogen) atoms. The van der Waals surface area contributed by atoms with Crippen LogP contribution in [0.2, 0.25) is 0 Å². The Balaban J connectivity index is 1.95. The Kier molecular flexibility index (Phi) is 6.10. The van der Waals surface area contributed by atoms with Gasteiger partial charge >= 0.3 is 0 Å². The van der Waals surface area contributed by atoms with Crippen LogP contribution in [0.15, 0.2) is 0 Å². The van der Waals surface area contributed by atoms with Gasteiger partial charge < -0.3 is 5.32 Å². The minimum atomic E-state index is -0.0307. The van der Waals surface area contributed by atoms with Crippen LogP contribution in [0, 0.1) is 19.8 Å². The van der Waals surface area contributed by atoms with Crippen LogP contribution in [-0.4, -0.2) is 25.9 Å². The number of carbonyl (C=O) groups excluding carboxylic acids is 1. The van der Waals surface area contributed by atoms with E-state index >= 15 is 0 Å². The van der Waals surface area contributed by atoms with Crippen LogP contribution in [0.1, 0.15) is 62.0 Å². The Morgan fingerprint density at radius 3 is 2.50 bits per heavy atom. The molecule has 2 heterocycles. The predicted octanol–water partition coefficient (Wildman–Crippen LogP) is 3.70. The van der Waals surface area contributed by atoms with Gasteiger partial charge in [-0.3, -0.25) is 9.48 Å². The highest BCUT2D eigenvalue weighted by Gasteiger charge is 2.15. The first kappa shape index (κ1) is 18.6. The Labute approximate surface area is 147 Å². The van der Waals surface area contributed by atoms with Gasteiger partial charge in [0, 0.05) is 24.6 Å². The number of amides is 1. The first-order valence-corrected chi connectivity index (χ1v) is 9.25. The molecular formula is C17H27N5OS. The third-order valence-corrected chi connectivity index (χ3v) is 4.99. The summed E-state index contributed by atoms with van der Waals surface area (Å²) in [7, 11) is 0. The Morgan fingerprint density at radius 1 is 1.21 bits per heavy atom. The van der Waals surface area contributed by atoms with Gasteiger partial charge in [0.2, 0.25) is 11.0 Å². The van der Waals surface area contributed by atoms with Crippen LogP contribution in [0.25, 0.3) is 0 Å². The smallest absolute Gasteiger partial charge is 0.226 e. The Hall–Kier alpha value is -1.76. The maximum absolute atomic E-state index is 12.2. The van der Waals surface area contributed by atoms with E-state index in [4.69, 9.17) is 0 Å². The van der Waals surface area contributed by atoms with Crippen molar-refractivity contribution in [1.82, 2.24) is 20.0 Å². The highest BCUT2D eigenvalue weighted by molar-refractivity contribution is 7.15. The fourth-order valence-corrected chi connectivity index (χ4v) is 3.32. The molecule has 0 saturated carbocycles. The number of rotatable bonds is 7. The molecule has 0 aliphatic rings. The van der Waals surface area contributed by atoms with Gasteiger partial charge in [-0.2, -0.15) is 5.10 Å². The molecule has 6 nitrogen and oxygen atoms in total. The number of carbonyl (C=O) groups is 1. The molecule has 0 atom stereocenters. The molecule has 0 aliphatic carbocycles. The predicted molar refractivity (Wildman–Crippen MR) is 97.5 cm³/mol. The molecule has 1 amide bonds. The summed E-state index contributed by atoms with van der Waals surface area (Å²) in [6.07, 6.45) is 1.11. The van der Waals surface area contributed by atoms with Crippen molar-refractivity contribution in [3.05, 3.63) is 22.0 Å². The van der Waals surface area contributed by atoms with Crippen LogP contribution < -0.4 is 5.32 Å². The average Bonchev–Trinajstić information content (AvgIpc) is 3.03. The van der Waals surface area contributed by atoms with Crippen molar-refractivity contribution < 1.29 is 4.79 Å². The SMILES string of the molecule is Cc1nn(CC(C)C)c(C)c1CCC(=O)Nc1nnc(C(C)C)s1. The summed E-state index contributed by atoms with van der Waals surface area (Å²) >= 11 is 1.44. The summed E-state index contributed by atoms with van der Waals surface area (Å²) in [6.45, 7) is 13.5. The molecule has 0 bridgehead atoms. The molecule has 0 spiro atoms. The maximum Gasteiger partial charge on any atom is 0.226 e. The van der Waals surface area contributed by atoms with Gasteiger partial charge in [-0.25, -0.2) is 0 Å². The molecular weight excluding hydrogens is 322 g/mol. The van der Waals surface area contributed by atoms with E-state index in [-0.39, 0.29) is 5.91 Å². The molecule has 0 unspecified atom stereocenters. The van der Waals surface area contributed by atoms with Gasteiger partial charge in [-0.1, -0.05) is 39.0 Å². The van der Waals surface area contributed by atoms with Crippen molar-refractivity contribution in [2.75, 3.05) is 5.32 Å². The van der Waals surface area contributed by atoms with Gasteiger partial charge in [0.1, 0.15) is 5.01 Å². The van der Waals surface area contributed by atoms with E-state index in [2.05, 4.69) is 55.2 Å². The topological polar surface area (TPSA) is 72.7 Å². The van der Waals surface area contributed by atoms with E-state index < -0.39 is 0 Å². The number of hydrogen-bond donors (Lipinski definition) is 1. The summed E-state index contributed by atoms with van der Waals surface area (Å²) < 4.78 is 2.05. The van der Waals surface area contributed by atoms with Crippen LogP contribution in [0.5, 0.6) is 0 Å². The van der Waals surface area contributed by atoms with E-state index in [9.17, 15) is 4.79 Å². The van der Waals surface area contributed by atoms with E-state index in [0.29, 0.717) is 29.8 Å². The lowest BCUT2D eigenvalue weighted by atomic mass is 10.1. The zero-order valence-electron chi connectivity index (χ0n) is 15.4. The molecule has 2 aromatic rings. The largest absolute Gasteiger partial charge is 0.301 e. The lowest BCUT2D eigenvalue weighted by molar-refractivity contribution is -0.116. The molecule has 0 saturated heterocycles. The number of aromatic nitrogens is 4. The van der Waals surface area contributed by atoms with E-state index in [1.807, 2.05) is 11.6 Å². The lowest BCUT2D eigenvalue weighted by Crippen LogP contribution is -2.13. The zero-order valence-corrected chi connectivity index (χ0v) is 16.2. The van der Waals surface area contributed by atoms with Crippen molar-refractivity contribution in [2.24, 2.45) is 5.92 Å². The second kappa shape index (κ2) is 7.88. The average molecular weight is 350 g/mol. The number of nitrogens with one attached hydrogen (secondary N) is 1. The summed E-state index contributed by atoms with van der Waals surface area (Å²) in [6, 6.07) is 0. The van der Waals surface area contributed by atoms with Gasteiger partial charge in [-0.15, -0.1) is 10.2 Å². The molecule has 1 N–H and O–H groups in total. The number of hydrogen-bond acceptors (Lipinski definition) is 5. The third kappa shape index (κ3) is 4.63. The molecule has 132 valence electrons. The molecule has 0 radical (unpaired) electrons. The molecule has 0 aromatic carbocycles. The van der Waals surface area contributed by atoms with E-state index in [1.54, 1.807) is 0 Å². The highest BCUT2D eigenvalue weighted by Crippen LogP contribution is 2.23. The van der Waals surface area contributed by atoms with Gasteiger partial charge in [0.15, 0.2) is 0 Å². The molecule has 2 aromatic heterocycles. The van der Waals surface area contributed by atoms with Gasteiger partial charge in [-0.05, 0) is 31.7 Å². The molecule has 2 rings (SSSR count). The number of nitrogens with zero attached hydrogens (tertiary/aromatic N) is 4. The zero-order chi connectivity index (χ0) is 17.9. The standard InChI is InChI=1S/C17H27N5OS/c1-10(2)9-22-13(6)14(12(5)21-22)7-8-15(23)18-17-20-19-16(24-17)11(3)4/h10-11H,7-9H2,1-6H3,(H,18,20,23). The van der Waals surface area contributed by atoms with Crippen molar-refractivity contribution in [3.8, 4) is 0 Å². The van der Waals surface area contributed by atoms with Crippen LogP contribution >= 0.6 is 11.3 Å². The van der Waals surface area contributed by atoms with Crippen molar-refractivity contribution >= 4 is 22.4 Å². The normalized spacial score (nSPS) is 11.5. The molecule has 7 heteroatoms.